The lowest BCUT2D eigenvalue weighted by molar-refractivity contribution is 0.534. The second-order valence-corrected chi connectivity index (χ2v) is 3.79. The van der Waals surface area contributed by atoms with Crippen LogP contribution in [-0.4, -0.2) is 4.98 Å². The van der Waals surface area contributed by atoms with Gasteiger partial charge in [0.1, 0.15) is 0 Å². The Morgan fingerprint density at radius 1 is 1.44 bits per heavy atom. The van der Waals surface area contributed by atoms with Crippen molar-refractivity contribution in [3.63, 3.8) is 0 Å². The van der Waals surface area contributed by atoms with Crippen molar-refractivity contribution in [3.05, 3.63) is 53.7 Å². The molecule has 2 rings (SSSR count). The molecule has 0 aliphatic heterocycles. The van der Waals surface area contributed by atoms with Crippen molar-refractivity contribution in [1.82, 2.24) is 10.4 Å². The lowest BCUT2D eigenvalue weighted by Crippen LogP contribution is -2.29. The molecule has 0 radical (unpaired) electrons. The standard InChI is InChI=1S/C12H15N3O/c1-9-2-3-11(7-14-9)12(15-13)6-10-4-5-16-8-10/h2-5,7-8,12,15H,6,13H2,1H3. The fourth-order valence-electron chi connectivity index (χ4n) is 1.60. The van der Waals surface area contributed by atoms with Crippen LogP contribution in [0.1, 0.15) is 22.9 Å². The van der Waals surface area contributed by atoms with Gasteiger partial charge in [-0.2, -0.15) is 0 Å². The molecule has 2 aromatic heterocycles. The van der Waals surface area contributed by atoms with E-state index in [2.05, 4.69) is 10.4 Å². The summed E-state index contributed by atoms with van der Waals surface area (Å²) in [6, 6.07) is 6.01. The molecule has 0 amide bonds. The van der Waals surface area contributed by atoms with Crippen LogP contribution in [0.5, 0.6) is 0 Å². The zero-order valence-corrected chi connectivity index (χ0v) is 9.18. The van der Waals surface area contributed by atoms with Gasteiger partial charge in [-0.05, 0) is 36.6 Å². The number of nitrogens with two attached hydrogens (primary N) is 1. The zero-order valence-electron chi connectivity index (χ0n) is 9.18. The molecule has 1 atom stereocenters. The van der Waals surface area contributed by atoms with Gasteiger partial charge in [0.25, 0.3) is 0 Å². The number of aromatic nitrogens is 1. The minimum Gasteiger partial charge on any atom is -0.472 e. The third-order valence-electron chi connectivity index (χ3n) is 2.56. The molecule has 0 fully saturated rings. The van der Waals surface area contributed by atoms with E-state index in [0.29, 0.717) is 0 Å². The van der Waals surface area contributed by atoms with Gasteiger partial charge in [-0.15, -0.1) is 0 Å². The van der Waals surface area contributed by atoms with Crippen molar-refractivity contribution in [3.8, 4) is 0 Å². The van der Waals surface area contributed by atoms with Crippen LogP contribution in [0.25, 0.3) is 0 Å². The average molecular weight is 217 g/mol. The van der Waals surface area contributed by atoms with Crippen molar-refractivity contribution in [2.45, 2.75) is 19.4 Å². The summed E-state index contributed by atoms with van der Waals surface area (Å²) in [5.74, 6) is 5.55. The topological polar surface area (TPSA) is 64.1 Å². The number of nitrogens with one attached hydrogen (secondary N) is 1. The molecule has 84 valence electrons. The maximum Gasteiger partial charge on any atom is 0.0935 e. The minimum atomic E-state index is 0.0608. The smallest absolute Gasteiger partial charge is 0.0935 e. The molecule has 0 aromatic carbocycles. The van der Waals surface area contributed by atoms with Crippen molar-refractivity contribution in [2.75, 3.05) is 0 Å². The second-order valence-electron chi connectivity index (χ2n) is 3.79. The number of hydrazine groups is 1. The van der Waals surface area contributed by atoms with E-state index >= 15 is 0 Å². The number of nitrogens with zero attached hydrogens (tertiary/aromatic N) is 1. The summed E-state index contributed by atoms with van der Waals surface area (Å²) in [7, 11) is 0. The summed E-state index contributed by atoms with van der Waals surface area (Å²) in [4.78, 5) is 4.26. The zero-order chi connectivity index (χ0) is 11.4. The fourth-order valence-corrected chi connectivity index (χ4v) is 1.60. The third kappa shape index (κ3) is 2.48. The van der Waals surface area contributed by atoms with Gasteiger partial charge in [-0.3, -0.25) is 16.3 Å². The highest BCUT2D eigenvalue weighted by Gasteiger charge is 2.11. The first-order valence-corrected chi connectivity index (χ1v) is 5.19. The molecule has 4 heteroatoms. The molecule has 3 N–H and O–H groups in total. The quantitative estimate of drug-likeness (QED) is 0.604. The summed E-state index contributed by atoms with van der Waals surface area (Å²) < 4.78 is 5.03. The maximum absolute atomic E-state index is 5.55. The van der Waals surface area contributed by atoms with Crippen LogP contribution >= 0.6 is 0 Å². The lowest BCUT2D eigenvalue weighted by Gasteiger charge is -2.14. The van der Waals surface area contributed by atoms with Gasteiger partial charge >= 0.3 is 0 Å². The van der Waals surface area contributed by atoms with Crippen molar-refractivity contribution >= 4 is 0 Å². The van der Waals surface area contributed by atoms with Gasteiger partial charge in [-0.25, -0.2) is 0 Å². The van der Waals surface area contributed by atoms with E-state index in [1.165, 1.54) is 0 Å². The van der Waals surface area contributed by atoms with Crippen LogP contribution in [0.2, 0.25) is 0 Å². The molecular formula is C12H15N3O. The van der Waals surface area contributed by atoms with Gasteiger partial charge in [-0.1, -0.05) is 6.07 Å². The molecule has 4 nitrogen and oxygen atoms in total. The van der Waals surface area contributed by atoms with E-state index in [1.54, 1.807) is 12.5 Å². The summed E-state index contributed by atoms with van der Waals surface area (Å²) in [5, 5.41) is 0. The van der Waals surface area contributed by atoms with E-state index in [4.69, 9.17) is 10.3 Å². The van der Waals surface area contributed by atoms with Gasteiger partial charge in [0, 0.05) is 11.9 Å². The minimum absolute atomic E-state index is 0.0608. The Labute approximate surface area is 94.5 Å². The van der Waals surface area contributed by atoms with Gasteiger partial charge in [0.05, 0.1) is 18.6 Å². The largest absolute Gasteiger partial charge is 0.472 e. The first kappa shape index (κ1) is 10.9. The van der Waals surface area contributed by atoms with Crippen LogP contribution in [0.15, 0.2) is 41.3 Å². The molecule has 0 bridgehead atoms. The summed E-state index contributed by atoms with van der Waals surface area (Å²) in [5.41, 5.74) is 5.99. The van der Waals surface area contributed by atoms with Crippen LogP contribution in [0, 0.1) is 6.92 Å². The Kier molecular flexibility index (Phi) is 3.34. The van der Waals surface area contributed by atoms with Crippen LogP contribution in [0.3, 0.4) is 0 Å². The molecule has 0 aliphatic rings. The fraction of sp³-hybridized carbons (Fsp3) is 0.250. The number of furan rings is 1. The van der Waals surface area contributed by atoms with E-state index < -0.39 is 0 Å². The SMILES string of the molecule is Cc1ccc(C(Cc2ccoc2)NN)cn1. The first-order chi connectivity index (χ1) is 7.79. The molecule has 0 saturated carbocycles. The first-order valence-electron chi connectivity index (χ1n) is 5.19. The highest BCUT2D eigenvalue weighted by Crippen LogP contribution is 2.17. The highest BCUT2D eigenvalue weighted by molar-refractivity contribution is 5.20. The van der Waals surface area contributed by atoms with Crippen LogP contribution in [0.4, 0.5) is 0 Å². The lowest BCUT2D eigenvalue weighted by atomic mass is 10.0. The summed E-state index contributed by atoms with van der Waals surface area (Å²) in [6.45, 7) is 1.96. The Hall–Kier alpha value is -1.65. The molecule has 1 unspecified atom stereocenters. The summed E-state index contributed by atoms with van der Waals surface area (Å²) >= 11 is 0. The third-order valence-corrected chi connectivity index (χ3v) is 2.56. The van der Waals surface area contributed by atoms with Gasteiger partial charge in [0.2, 0.25) is 0 Å². The number of pyridine rings is 1. The summed E-state index contributed by atoms with van der Waals surface area (Å²) in [6.07, 6.45) is 6.03. The van der Waals surface area contributed by atoms with E-state index in [9.17, 15) is 0 Å². The Morgan fingerprint density at radius 3 is 2.88 bits per heavy atom. The normalized spacial score (nSPS) is 12.6. The second kappa shape index (κ2) is 4.92. The molecule has 0 spiro atoms. The Bertz CT molecular complexity index is 422. The average Bonchev–Trinajstić information content (AvgIpc) is 2.80. The Morgan fingerprint density at radius 2 is 2.31 bits per heavy atom. The molecule has 2 heterocycles. The van der Waals surface area contributed by atoms with E-state index in [1.807, 2.05) is 31.3 Å². The Balaban J connectivity index is 2.13. The highest BCUT2D eigenvalue weighted by atomic mass is 16.3. The van der Waals surface area contributed by atoms with Crippen molar-refractivity contribution < 1.29 is 4.42 Å². The molecule has 2 aromatic rings. The number of rotatable bonds is 4. The van der Waals surface area contributed by atoms with Gasteiger partial charge < -0.3 is 4.42 Å². The van der Waals surface area contributed by atoms with E-state index in [0.717, 1.165) is 23.2 Å². The number of hydrogen-bond donors (Lipinski definition) is 2. The van der Waals surface area contributed by atoms with Crippen LogP contribution in [-0.2, 0) is 6.42 Å². The number of hydrogen-bond acceptors (Lipinski definition) is 4. The molecule has 16 heavy (non-hydrogen) atoms. The monoisotopic (exact) mass is 217 g/mol. The van der Waals surface area contributed by atoms with Crippen molar-refractivity contribution in [2.24, 2.45) is 5.84 Å². The molecule has 0 aliphatic carbocycles. The van der Waals surface area contributed by atoms with E-state index in [-0.39, 0.29) is 6.04 Å². The number of aryl methyl sites for hydroxylation is 1. The van der Waals surface area contributed by atoms with Gasteiger partial charge in [0.15, 0.2) is 0 Å². The predicted octanol–water partition coefficient (Wildman–Crippen LogP) is 1.73. The van der Waals surface area contributed by atoms with Crippen LogP contribution < -0.4 is 11.3 Å². The molecular weight excluding hydrogens is 202 g/mol. The molecule has 0 saturated heterocycles. The van der Waals surface area contributed by atoms with Crippen molar-refractivity contribution in [1.29, 1.82) is 0 Å². The predicted molar refractivity (Wildman–Crippen MR) is 61.5 cm³/mol. The maximum atomic E-state index is 5.55.